The summed E-state index contributed by atoms with van der Waals surface area (Å²) in [6.45, 7) is 2.03. The Morgan fingerprint density at radius 1 is 1.33 bits per heavy atom. The third kappa shape index (κ3) is 3.03. The molecule has 2 heteroatoms. The number of hydrogen-bond acceptors (Lipinski definition) is 1. The molecule has 0 atom stereocenters. The van der Waals surface area contributed by atoms with E-state index in [-0.39, 0.29) is 0 Å². The average Bonchev–Trinajstić information content (AvgIpc) is 2.05. The molecule has 0 heterocycles. The van der Waals surface area contributed by atoms with E-state index in [2.05, 4.69) is 52.5 Å². The van der Waals surface area contributed by atoms with Crippen LogP contribution in [0.2, 0.25) is 0 Å². The van der Waals surface area contributed by atoms with Crippen LogP contribution >= 0.6 is 27.7 Å². The van der Waals surface area contributed by atoms with Crippen LogP contribution in [0.3, 0.4) is 0 Å². The predicted molar refractivity (Wildman–Crippen MR) is 60.8 cm³/mol. The van der Waals surface area contributed by atoms with E-state index < -0.39 is 0 Å². The van der Waals surface area contributed by atoms with Gasteiger partial charge < -0.3 is 0 Å². The van der Waals surface area contributed by atoms with Gasteiger partial charge in [0.2, 0.25) is 0 Å². The van der Waals surface area contributed by atoms with E-state index in [0.717, 1.165) is 4.48 Å². The van der Waals surface area contributed by atoms with Crippen molar-refractivity contribution in [1.29, 1.82) is 0 Å². The fourth-order valence-corrected chi connectivity index (χ4v) is 1.60. The van der Waals surface area contributed by atoms with E-state index in [0.29, 0.717) is 0 Å². The predicted octanol–water partition coefficient (Wildman–Crippen LogP) is 4.16. The van der Waals surface area contributed by atoms with Crippen LogP contribution in [0.1, 0.15) is 12.5 Å². The molecule has 0 N–H and O–H groups in total. The van der Waals surface area contributed by atoms with Crippen LogP contribution in [-0.2, 0) is 0 Å². The van der Waals surface area contributed by atoms with Gasteiger partial charge in [-0.15, -0.1) is 11.8 Å². The number of thioether (sulfide) groups is 1. The van der Waals surface area contributed by atoms with Gasteiger partial charge in [0.25, 0.3) is 0 Å². The third-order valence-electron chi connectivity index (χ3n) is 1.48. The quantitative estimate of drug-likeness (QED) is 0.702. The molecule has 0 nitrogen and oxygen atoms in total. The molecule has 1 aromatic rings. The van der Waals surface area contributed by atoms with E-state index >= 15 is 0 Å². The Balaban J connectivity index is 2.85. The van der Waals surface area contributed by atoms with E-state index in [4.69, 9.17) is 0 Å². The van der Waals surface area contributed by atoms with Crippen molar-refractivity contribution in [3.05, 3.63) is 34.3 Å². The van der Waals surface area contributed by atoms with Gasteiger partial charge in [0.05, 0.1) is 0 Å². The number of allylic oxidation sites excluding steroid dienone is 1. The monoisotopic (exact) mass is 242 g/mol. The summed E-state index contributed by atoms with van der Waals surface area (Å²) in [7, 11) is 0. The highest BCUT2D eigenvalue weighted by molar-refractivity contribution is 9.11. The second-order valence-electron chi connectivity index (χ2n) is 2.50. The summed E-state index contributed by atoms with van der Waals surface area (Å²) >= 11 is 5.17. The minimum Gasteiger partial charge on any atom is -0.130 e. The molecule has 0 aromatic heterocycles. The molecule has 64 valence electrons. The Hall–Kier alpha value is -0.210. The van der Waals surface area contributed by atoms with Crippen molar-refractivity contribution in [3.8, 4) is 0 Å². The maximum Gasteiger partial charge on any atom is 0.00695 e. The molecule has 0 spiro atoms. The zero-order valence-corrected chi connectivity index (χ0v) is 9.58. The third-order valence-corrected chi connectivity index (χ3v) is 2.45. The second kappa shape index (κ2) is 4.73. The topological polar surface area (TPSA) is 0 Å². The summed E-state index contributed by atoms with van der Waals surface area (Å²) in [5, 5.41) is 0. The van der Waals surface area contributed by atoms with Gasteiger partial charge in [0, 0.05) is 4.90 Å². The fraction of sp³-hybridized carbons (Fsp3) is 0.200. The van der Waals surface area contributed by atoms with E-state index in [1.165, 1.54) is 10.5 Å². The summed E-state index contributed by atoms with van der Waals surface area (Å²) in [5.41, 5.74) is 1.24. The number of hydrogen-bond donors (Lipinski definition) is 0. The Morgan fingerprint density at radius 2 is 1.92 bits per heavy atom. The first-order chi connectivity index (χ1) is 5.72. The van der Waals surface area contributed by atoms with Crippen molar-refractivity contribution in [2.45, 2.75) is 11.8 Å². The van der Waals surface area contributed by atoms with E-state index in [1.807, 2.05) is 6.92 Å². The first-order valence-electron chi connectivity index (χ1n) is 3.70. The van der Waals surface area contributed by atoms with Crippen molar-refractivity contribution >= 4 is 33.8 Å². The summed E-state index contributed by atoms with van der Waals surface area (Å²) in [5.74, 6) is 0. The smallest absolute Gasteiger partial charge is 0.00695 e. The number of benzene rings is 1. The van der Waals surface area contributed by atoms with Gasteiger partial charge in [-0.05, 0) is 41.4 Å². The van der Waals surface area contributed by atoms with Crippen LogP contribution in [0.15, 0.2) is 33.6 Å². The molecule has 0 aliphatic heterocycles. The van der Waals surface area contributed by atoms with Gasteiger partial charge in [-0.3, -0.25) is 0 Å². The van der Waals surface area contributed by atoms with Crippen LogP contribution in [0, 0.1) is 0 Å². The second-order valence-corrected chi connectivity index (χ2v) is 4.63. The standard InChI is InChI=1S/C10H11BrS/c1-8(11)7-9-3-5-10(12-2)6-4-9/h3-7H,1-2H3/b8-7+. The lowest BCUT2D eigenvalue weighted by Gasteiger charge is -1.96. The van der Waals surface area contributed by atoms with E-state index in [1.54, 1.807) is 11.8 Å². The highest BCUT2D eigenvalue weighted by Crippen LogP contribution is 2.17. The van der Waals surface area contributed by atoms with Gasteiger partial charge in [-0.2, -0.15) is 0 Å². The molecule has 0 bridgehead atoms. The lowest BCUT2D eigenvalue weighted by molar-refractivity contribution is 1.45. The molecule has 0 unspecified atom stereocenters. The molecule has 0 fully saturated rings. The van der Waals surface area contributed by atoms with Crippen molar-refractivity contribution < 1.29 is 0 Å². The van der Waals surface area contributed by atoms with Crippen LogP contribution in [0.25, 0.3) is 6.08 Å². The molecule has 0 aliphatic carbocycles. The van der Waals surface area contributed by atoms with E-state index in [9.17, 15) is 0 Å². The maximum atomic E-state index is 3.40. The molecular formula is C10H11BrS. The van der Waals surface area contributed by atoms with Gasteiger partial charge in [-0.25, -0.2) is 0 Å². The zero-order chi connectivity index (χ0) is 8.97. The minimum atomic E-state index is 1.15. The highest BCUT2D eigenvalue weighted by Gasteiger charge is 1.89. The minimum absolute atomic E-state index is 1.15. The molecule has 0 aliphatic rings. The Bertz CT molecular complexity index is 270. The first kappa shape index (κ1) is 9.87. The first-order valence-corrected chi connectivity index (χ1v) is 5.72. The molecule has 0 saturated carbocycles. The largest absolute Gasteiger partial charge is 0.130 e. The lowest BCUT2D eigenvalue weighted by atomic mass is 10.2. The van der Waals surface area contributed by atoms with Crippen LogP contribution in [0.5, 0.6) is 0 Å². The number of halogens is 1. The highest BCUT2D eigenvalue weighted by atomic mass is 79.9. The summed E-state index contributed by atoms with van der Waals surface area (Å²) in [4.78, 5) is 1.30. The SMILES string of the molecule is CSc1ccc(/C=C(\C)Br)cc1. The van der Waals surface area contributed by atoms with Crippen LogP contribution in [-0.4, -0.2) is 6.26 Å². The normalized spacial score (nSPS) is 11.8. The van der Waals surface area contributed by atoms with Crippen molar-refractivity contribution in [1.82, 2.24) is 0 Å². The molecule has 12 heavy (non-hydrogen) atoms. The van der Waals surface area contributed by atoms with Crippen molar-refractivity contribution in [3.63, 3.8) is 0 Å². The van der Waals surface area contributed by atoms with Gasteiger partial charge in [0.15, 0.2) is 0 Å². The van der Waals surface area contributed by atoms with Gasteiger partial charge >= 0.3 is 0 Å². The Labute approximate surface area is 86.2 Å². The summed E-state index contributed by atoms with van der Waals surface area (Å²) in [6, 6.07) is 8.51. The molecule has 0 radical (unpaired) electrons. The van der Waals surface area contributed by atoms with Gasteiger partial charge in [-0.1, -0.05) is 28.1 Å². The molecule has 1 aromatic carbocycles. The van der Waals surface area contributed by atoms with Crippen molar-refractivity contribution in [2.24, 2.45) is 0 Å². The average molecular weight is 243 g/mol. The molecule has 0 saturated heterocycles. The fourth-order valence-electron chi connectivity index (χ4n) is 0.930. The summed E-state index contributed by atoms with van der Waals surface area (Å²) < 4.78 is 1.15. The Kier molecular flexibility index (Phi) is 3.89. The molecule has 1 rings (SSSR count). The Morgan fingerprint density at radius 3 is 2.33 bits per heavy atom. The zero-order valence-electron chi connectivity index (χ0n) is 7.17. The van der Waals surface area contributed by atoms with Gasteiger partial charge in [0.1, 0.15) is 0 Å². The van der Waals surface area contributed by atoms with Crippen LogP contribution < -0.4 is 0 Å². The lowest BCUT2D eigenvalue weighted by Crippen LogP contribution is -1.72. The molecule has 0 amide bonds. The molecular weight excluding hydrogens is 232 g/mol. The van der Waals surface area contributed by atoms with Crippen molar-refractivity contribution in [2.75, 3.05) is 6.26 Å². The van der Waals surface area contributed by atoms with Crippen LogP contribution in [0.4, 0.5) is 0 Å². The summed E-state index contributed by atoms with van der Waals surface area (Å²) in [6.07, 6.45) is 4.19. The maximum absolute atomic E-state index is 3.40. The number of rotatable bonds is 2.